The van der Waals surface area contributed by atoms with E-state index in [2.05, 4.69) is 10.6 Å². The van der Waals surface area contributed by atoms with Gasteiger partial charge in [-0.1, -0.05) is 13.8 Å². The standard InChI is InChI=1S/C14H20FN3O2/c1-8(2)7-17-13(19)9(3)18-14(20)11-5-4-10(16)6-12(11)15/h4-6,8-9H,7,16H2,1-3H3,(H,17,19)(H,18,20). The molecule has 4 N–H and O–H groups in total. The molecule has 20 heavy (non-hydrogen) atoms. The summed E-state index contributed by atoms with van der Waals surface area (Å²) in [6, 6.07) is 3.05. The van der Waals surface area contributed by atoms with Crippen LogP contribution < -0.4 is 16.4 Å². The van der Waals surface area contributed by atoms with Gasteiger partial charge in [0.25, 0.3) is 5.91 Å². The van der Waals surface area contributed by atoms with Crippen molar-refractivity contribution in [2.24, 2.45) is 5.92 Å². The van der Waals surface area contributed by atoms with Crippen LogP contribution in [0, 0.1) is 11.7 Å². The molecule has 0 spiro atoms. The smallest absolute Gasteiger partial charge is 0.254 e. The van der Waals surface area contributed by atoms with Gasteiger partial charge in [-0.25, -0.2) is 4.39 Å². The van der Waals surface area contributed by atoms with Crippen molar-refractivity contribution in [2.75, 3.05) is 12.3 Å². The Morgan fingerprint density at radius 2 is 1.95 bits per heavy atom. The molecule has 0 saturated heterocycles. The summed E-state index contributed by atoms with van der Waals surface area (Å²) in [6.07, 6.45) is 0. The molecule has 2 amide bonds. The van der Waals surface area contributed by atoms with E-state index in [0.29, 0.717) is 12.5 Å². The maximum atomic E-state index is 13.6. The first kappa shape index (κ1) is 15.9. The number of nitrogen functional groups attached to an aromatic ring is 1. The van der Waals surface area contributed by atoms with Gasteiger partial charge >= 0.3 is 0 Å². The first-order chi connectivity index (χ1) is 9.31. The summed E-state index contributed by atoms with van der Waals surface area (Å²) in [5.74, 6) is -1.34. The van der Waals surface area contributed by atoms with E-state index in [1.165, 1.54) is 12.1 Å². The van der Waals surface area contributed by atoms with Gasteiger partial charge in [-0.2, -0.15) is 0 Å². The number of carbonyl (C=O) groups excluding carboxylic acids is 2. The van der Waals surface area contributed by atoms with Crippen molar-refractivity contribution in [2.45, 2.75) is 26.8 Å². The van der Waals surface area contributed by atoms with Gasteiger partial charge in [0.2, 0.25) is 5.91 Å². The van der Waals surface area contributed by atoms with Gasteiger partial charge in [0.05, 0.1) is 5.56 Å². The predicted molar refractivity (Wildman–Crippen MR) is 75.6 cm³/mol. The lowest BCUT2D eigenvalue weighted by molar-refractivity contribution is -0.122. The minimum absolute atomic E-state index is 0.136. The minimum atomic E-state index is -0.738. The molecule has 6 heteroatoms. The largest absolute Gasteiger partial charge is 0.399 e. The number of anilines is 1. The van der Waals surface area contributed by atoms with Crippen molar-refractivity contribution >= 4 is 17.5 Å². The highest BCUT2D eigenvalue weighted by molar-refractivity contribution is 5.97. The van der Waals surface area contributed by atoms with E-state index in [0.717, 1.165) is 6.07 Å². The molecule has 1 aromatic rings. The van der Waals surface area contributed by atoms with Crippen LogP contribution in [0.25, 0.3) is 0 Å². The topological polar surface area (TPSA) is 84.2 Å². The molecule has 0 bridgehead atoms. The maximum Gasteiger partial charge on any atom is 0.254 e. The van der Waals surface area contributed by atoms with Crippen LogP contribution in [0.15, 0.2) is 18.2 Å². The van der Waals surface area contributed by atoms with E-state index in [9.17, 15) is 14.0 Å². The molecule has 5 nitrogen and oxygen atoms in total. The molecular formula is C14H20FN3O2. The van der Waals surface area contributed by atoms with Crippen LogP contribution in [0.5, 0.6) is 0 Å². The first-order valence-corrected chi connectivity index (χ1v) is 6.45. The third-order valence-electron chi connectivity index (χ3n) is 2.66. The third kappa shape index (κ3) is 4.53. The number of hydrogen-bond acceptors (Lipinski definition) is 3. The lowest BCUT2D eigenvalue weighted by Crippen LogP contribution is -2.45. The van der Waals surface area contributed by atoms with Crippen molar-refractivity contribution in [1.29, 1.82) is 0 Å². The van der Waals surface area contributed by atoms with Crippen LogP contribution >= 0.6 is 0 Å². The van der Waals surface area contributed by atoms with E-state index in [4.69, 9.17) is 5.73 Å². The first-order valence-electron chi connectivity index (χ1n) is 6.45. The lowest BCUT2D eigenvalue weighted by Gasteiger charge is -2.15. The number of carbonyl (C=O) groups is 2. The number of halogens is 1. The lowest BCUT2D eigenvalue weighted by atomic mass is 10.1. The van der Waals surface area contributed by atoms with Crippen LogP contribution in [0.3, 0.4) is 0 Å². The summed E-state index contributed by atoms with van der Waals surface area (Å²) < 4.78 is 13.6. The Morgan fingerprint density at radius 1 is 1.30 bits per heavy atom. The average Bonchev–Trinajstić information content (AvgIpc) is 2.35. The molecule has 0 saturated carbocycles. The molecule has 110 valence electrons. The zero-order chi connectivity index (χ0) is 15.3. The Bertz CT molecular complexity index is 503. The Balaban J connectivity index is 2.63. The molecule has 1 aromatic carbocycles. The van der Waals surface area contributed by atoms with Gasteiger partial charge in [-0.3, -0.25) is 9.59 Å². The van der Waals surface area contributed by atoms with Crippen LogP contribution in [0.1, 0.15) is 31.1 Å². The second-order valence-electron chi connectivity index (χ2n) is 5.07. The van der Waals surface area contributed by atoms with Gasteiger partial charge in [0.1, 0.15) is 11.9 Å². The monoisotopic (exact) mass is 281 g/mol. The molecule has 0 fully saturated rings. The third-order valence-corrected chi connectivity index (χ3v) is 2.66. The second-order valence-corrected chi connectivity index (χ2v) is 5.07. The highest BCUT2D eigenvalue weighted by atomic mass is 19.1. The maximum absolute atomic E-state index is 13.6. The summed E-state index contributed by atoms with van der Waals surface area (Å²) in [6.45, 7) is 6.00. The number of rotatable bonds is 5. The zero-order valence-corrected chi connectivity index (χ0v) is 11.9. The molecule has 1 atom stereocenters. The van der Waals surface area contributed by atoms with Crippen LogP contribution in [0.4, 0.5) is 10.1 Å². The fraction of sp³-hybridized carbons (Fsp3) is 0.429. The number of nitrogens with two attached hydrogens (primary N) is 1. The predicted octanol–water partition coefficient (Wildman–Crippen LogP) is 1.30. The molecule has 0 heterocycles. The van der Waals surface area contributed by atoms with E-state index in [-0.39, 0.29) is 17.2 Å². The van der Waals surface area contributed by atoms with Gasteiger partial charge < -0.3 is 16.4 Å². The van der Waals surface area contributed by atoms with Gasteiger partial charge in [-0.05, 0) is 31.0 Å². The van der Waals surface area contributed by atoms with E-state index in [1.807, 2.05) is 13.8 Å². The van der Waals surface area contributed by atoms with Crippen molar-refractivity contribution in [3.8, 4) is 0 Å². The molecule has 1 unspecified atom stereocenters. The Morgan fingerprint density at radius 3 is 2.50 bits per heavy atom. The molecule has 0 aliphatic rings. The number of benzene rings is 1. The summed E-state index contributed by atoms with van der Waals surface area (Å²) in [5.41, 5.74) is 5.51. The molecule has 1 rings (SSSR count). The fourth-order valence-corrected chi connectivity index (χ4v) is 1.51. The number of hydrogen-bond donors (Lipinski definition) is 3. The van der Waals surface area contributed by atoms with Crippen LogP contribution in [-0.2, 0) is 4.79 Å². The summed E-state index contributed by atoms with van der Waals surface area (Å²) >= 11 is 0. The van der Waals surface area contributed by atoms with E-state index >= 15 is 0 Å². The van der Waals surface area contributed by atoms with Crippen molar-refractivity contribution in [3.63, 3.8) is 0 Å². The summed E-state index contributed by atoms with van der Waals surface area (Å²) in [5, 5.41) is 5.14. The van der Waals surface area contributed by atoms with E-state index < -0.39 is 17.8 Å². The fourth-order valence-electron chi connectivity index (χ4n) is 1.51. The average molecular weight is 281 g/mol. The summed E-state index contributed by atoms with van der Waals surface area (Å²) in [7, 11) is 0. The normalized spacial score (nSPS) is 12.1. The number of nitrogens with one attached hydrogen (secondary N) is 2. The SMILES string of the molecule is CC(C)CNC(=O)C(C)NC(=O)c1ccc(N)cc1F. The Kier molecular flexibility index (Phi) is 5.49. The second kappa shape index (κ2) is 6.88. The molecular weight excluding hydrogens is 261 g/mol. The highest BCUT2D eigenvalue weighted by Crippen LogP contribution is 2.11. The quantitative estimate of drug-likeness (QED) is 0.711. The molecule has 0 radical (unpaired) electrons. The van der Waals surface area contributed by atoms with E-state index in [1.54, 1.807) is 6.92 Å². The van der Waals surface area contributed by atoms with Gasteiger partial charge in [0, 0.05) is 12.2 Å². The minimum Gasteiger partial charge on any atom is -0.399 e. The molecule has 0 aromatic heterocycles. The van der Waals surface area contributed by atoms with Gasteiger partial charge in [-0.15, -0.1) is 0 Å². The summed E-state index contributed by atoms with van der Waals surface area (Å²) in [4.78, 5) is 23.6. The number of amides is 2. The highest BCUT2D eigenvalue weighted by Gasteiger charge is 2.18. The van der Waals surface area contributed by atoms with Crippen LogP contribution in [-0.4, -0.2) is 24.4 Å². The Hall–Kier alpha value is -2.11. The van der Waals surface area contributed by atoms with Crippen molar-refractivity contribution in [3.05, 3.63) is 29.6 Å². The zero-order valence-electron chi connectivity index (χ0n) is 11.9. The van der Waals surface area contributed by atoms with Crippen LogP contribution in [0.2, 0.25) is 0 Å². The molecule has 0 aliphatic heterocycles. The Labute approximate surface area is 117 Å². The molecule has 0 aliphatic carbocycles. The van der Waals surface area contributed by atoms with Gasteiger partial charge in [0.15, 0.2) is 0 Å². The van der Waals surface area contributed by atoms with Crippen molar-refractivity contribution < 1.29 is 14.0 Å². The van der Waals surface area contributed by atoms with Crippen molar-refractivity contribution in [1.82, 2.24) is 10.6 Å².